The van der Waals surface area contributed by atoms with Crippen molar-refractivity contribution in [3.63, 3.8) is 0 Å². The lowest BCUT2D eigenvalue weighted by atomic mass is 9.99. The highest BCUT2D eigenvalue weighted by molar-refractivity contribution is 5.48. The van der Waals surface area contributed by atoms with E-state index < -0.39 is 0 Å². The van der Waals surface area contributed by atoms with Crippen LogP contribution in [0, 0.1) is 0 Å². The molecule has 0 saturated carbocycles. The summed E-state index contributed by atoms with van der Waals surface area (Å²) in [5.74, 6) is 2.95. The highest BCUT2D eigenvalue weighted by Gasteiger charge is 2.19. The molecule has 0 N–H and O–H groups in total. The van der Waals surface area contributed by atoms with E-state index in [4.69, 9.17) is 14.2 Å². The number of nitrogens with zero attached hydrogens (tertiary/aromatic N) is 4. The average molecular weight is 437 g/mol. The molecule has 0 bridgehead atoms. The van der Waals surface area contributed by atoms with E-state index in [0.717, 1.165) is 55.5 Å². The van der Waals surface area contributed by atoms with Crippen LogP contribution in [0.5, 0.6) is 17.2 Å². The summed E-state index contributed by atoms with van der Waals surface area (Å²) in [6, 6.07) is 12.4. The van der Waals surface area contributed by atoms with Gasteiger partial charge in [-0.05, 0) is 53.3 Å². The van der Waals surface area contributed by atoms with Crippen molar-refractivity contribution in [1.29, 1.82) is 0 Å². The first-order valence-corrected chi connectivity index (χ1v) is 11.1. The fraction of sp³-hybridized carbons (Fsp3) is 0.440. The molecule has 0 saturated heterocycles. The molecular formula is C25H32N4O3. The number of aromatic nitrogens is 3. The number of hydrogen-bond donors (Lipinski definition) is 0. The lowest BCUT2D eigenvalue weighted by Gasteiger charge is -2.29. The lowest BCUT2D eigenvalue weighted by Crippen LogP contribution is -2.33. The molecule has 0 radical (unpaired) electrons. The van der Waals surface area contributed by atoms with Crippen LogP contribution in [-0.2, 0) is 26.1 Å². The van der Waals surface area contributed by atoms with Crippen LogP contribution >= 0.6 is 0 Å². The molecule has 0 amide bonds. The number of fused-ring (bicyclic) bond motifs is 1. The Morgan fingerprint density at radius 2 is 1.69 bits per heavy atom. The highest BCUT2D eigenvalue weighted by Crippen LogP contribution is 2.33. The summed E-state index contributed by atoms with van der Waals surface area (Å²) in [6.07, 6.45) is 2.97. The Morgan fingerprint density at radius 3 is 2.38 bits per heavy atom. The summed E-state index contributed by atoms with van der Waals surface area (Å²) in [6.45, 7) is 8.40. The van der Waals surface area contributed by atoms with Crippen molar-refractivity contribution >= 4 is 0 Å². The predicted octanol–water partition coefficient (Wildman–Crippen LogP) is 4.06. The normalized spacial score (nSPS) is 13.8. The maximum absolute atomic E-state index is 5.87. The second-order valence-corrected chi connectivity index (χ2v) is 8.49. The molecule has 0 unspecified atom stereocenters. The zero-order valence-electron chi connectivity index (χ0n) is 19.4. The van der Waals surface area contributed by atoms with Gasteiger partial charge in [0.05, 0.1) is 27.0 Å². The van der Waals surface area contributed by atoms with E-state index in [9.17, 15) is 0 Å². The minimum Gasteiger partial charge on any atom is -0.493 e. The van der Waals surface area contributed by atoms with Crippen molar-refractivity contribution in [3.8, 4) is 17.2 Å². The third-order valence-corrected chi connectivity index (χ3v) is 5.96. The molecule has 3 aromatic rings. The van der Waals surface area contributed by atoms with Gasteiger partial charge in [-0.2, -0.15) is 0 Å². The maximum atomic E-state index is 5.87. The monoisotopic (exact) mass is 436 g/mol. The minimum atomic E-state index is 0.416. The molecule has 0 spiro atoms. The Hall–Kier alpha value is -3.06. The van der Waals surface area contributed by atoms with Crippen LogP contribution in [0.15, 0.2) is 42.6 Å². The molecule has 7 nitrogen and oxygen atoms in total. The zero-order valence-corrected chi connectivity index (χ0v) is 19.4. The molecule has 0 atom stereocenters. The molecule has 7 heteroatoms. The lowest BCUT2D eigenvalue weighted by molar-refractivity contribution is 0.238. The number of hydrogen-bond acceptors (Lipinski definition) is 6. The maximum Gasteiger partial charge on any atom is 0.161 e. The van der Waals surface area contributed by atoms with Gasteiger partial charge >= 0.3 is 0 Å². The zero-order chi connectivity index (χ0) is 22.5. The van der Waals surface area contributed by atoms with E-state index in [1.165, 1.54) is 16.7 Å². The van der Waals surface area contributed by atoms with Crippen molar-refractivity contribution in [2.75, 3.05) is 27.3 Å². The van der Waals surface area contributed by atoms with Gasteiger partial charge in [0.1, 0.15) is 18.1 Å². The Kier molecular flexibility index (Phi) is 6.95. The molecule has 0 fully saturated rings. The van der Waals surface area contributed by atoms with E-state index in [0.29, 0.717) is 12.5 Å². The van der Waals surface area contributed by atoms with E-state index in [2.05, 4.69) is 53.3 Å². The smallest absolute Gasteiger partial charge is 0.161 e. The molecule has 2 heterocycles. The number of rotatable bonds is 9. The van der Waals surface area contributed by atoms with Crippen LogP contribution < -0.4 is 14.2 Å². The summed E-state index contributed by atoms with van der Waals surface area (Å²) >= 11 is 0. The quantitative estimate of drug-likeness (QED) is 0.504. The van der Waals surface area contributed by atoms with E-state index in [1.807, 2.05) is 23.0 Å². The Balaban J connectivity index is 1.28. The first-order chi connectivity index (χ1) is 15.6. The Labute approximate surface area is 189 Å². The van der Waals surface area contributed by atoms with Crippen LogP contribution in [0.25, 0.3) is 0 Å². The Morgan fingerprint density at radius 1 is 0.969 bits per heavy atom. The summed E-state index contributed by atoms with van der Waals surface area (Å²) in [4.78, 5) is 2.43. The minimum absolute atomic E-state index is 0.416. The third kappa shape index (κ3) is 5.22. The molecule has 1 aromatic heterocycles. The van der Waals surface area contributed by atoms with Crippen molar-refractivity contribution < 1.29 is 14.2 Å². The van der Waals surface area contributed by atoms with Crippen LogP contribution in [0.3, 0.4) is 0 Å². The van der Waals surface area contributed by atoms with E-state index in [-0.39, 0.29) is 0 Å². The van der Waals surface area contributed by atoms with Gasteiger partial charge in [0, 0.05) is 19.6 Å². The molecule has 0 aliphatic carbocycles. The molecule has 170 valence electrons. The second kappa shape index (κ2) is 10.0. The van der Waals surface area contributed by atoms with Gasteiger partial charge in [0.15, 0.2) is 11.5 Å². The van der Waals surface area contributed by atoms with E-state index >= 15 is 0 Å². The van der Waals surface area contributed by atoms with Crippen LogP contribution in [0.2, 0.25) is 0 Å². The van der Waals surface area contributed by atoms with E-state index in [1.54, 1.807) is 14.2 Å². The fourth-order valence-electron chi connectivity index (χ4n) is 4.00. The standard InChI is InChI=1S/C25H32N4O3/c1-18(2)19-5-7-23(8-6-19)32-17-22-16-29(27-26-22)12-11-28-10-9-20-13-24(30-3)25(31-4)14-21(20)15-28/h5-8,13-14,16,18H,9-12,15,17H2,1-4H3. The van der Waals surface area contributed by atoms with Crippen molar-refractivity contribution in [2.24, 2.45) is 0 Å². The van der Waals surface area contributed by atoms with Crippen LogP contribution in [0.1, 0.15) is 42.1 Å². The molecule has 32 heavy (non-hydrogen) atoms. The second-order valence-electron chi connectivity index (χ2n) is 8.49. The van der Waals surface area contributed by atoms with Gasteiger partial charge in [-0.1, -0.05) is 31.2 Å². The van der Waals surface area contributed by atoms with Crippen molar-refractivity contribution in [1.82, 2.24) is 19.9 Å². The van der Waals surface area contributed by atoms with Gasteiger partial charge in [0.25, 0.3) is 0 Å². The Bertz CT molecular complexity index is 1030. The molecule has 1 aliphatic rings. The topological polar surface area (TPSA) is 61.6 Å². The number of benzene rings is 2. The van der Waals surface area contributed by atoms with Crippen LogP contribution in [0.4, 0.5) is 0 Å². The fourth-order valence-corrected chi connectivity index (χ4v) is 4.00. The molecule has 4 rings (SSSR count). The summed E-state index contributed by atoms with van der Waals surface area (Å²) in [5.41, 5.74) is 4.77. The number of methoxy groups -OCH3 is 2. The SMILES string of the molecule is COc1cc2c(cc1OC)CN(CCn1cc(COc3ccc(C(C)C)cc3)nn1)CC2. The third-order valence-electron chi connectivity index (χ3n) is 5.96. The molecular weight excluding hydrogens is 404 g/mol. The summed E-state index contributed by atoms with van der Waals surface area (Å²) < 4.78 is 18.7. The van der Waals surface area contributed by atoms with Crippen LogP contribution in [-0.4, -0.2) is 47.2 Å². The summed E-state index contributed by atoms with van der Waals surface area (Å²) in [7, 11) is 3.36. The predicted molar refractivity (Wildman–Crippen MR) is 123 cm³/mol. The van der Waals surface area contributed by atoms with Gasteiger partial charge in [-0.3, -0.25) is 9.58 Å². The first-order valence-electron chi connectivity index (χ1n) is 11.1. The van der Waals surface area contributed by atoms with Gasteiger partial charge < -0.3 is 14.2 Å². The largest absolute Gasteiger partial charge is 0.493 e. The molecule has 1 aliphatic heterocycles. The number of ether oxygens (including phenoxy) is 3. The van der Waals surface area contributed by atoms with Crippen molar-refractivity contribution in [2.45, 2.75) is 45.9 Å². The van der Waals surface area contributed by atoms with Gasteiger partial charge in [-0.15, -0.1) is 5.10 Å². The van der Waals surface area contributed by atoms with Gasteiger partial charge in [-0.25, -0.2) is 0 Å². The first kappa shape index (κ1) is 22.1. The van der Waals surface area contributed by atoms with Crippen molar-refractivity contribution in [3.05, 3.63) is 65.0 Å². The molecule has 2 aromatic carbocycles. The summed E-state index contributed by atoms with van der Waals surface area (Å²) in [5, 5.41) is 8.53. The highest BCUT2D eigenvalue weighted by atomic mass is 16.5. The average Bonchev–Trinajstić information content (AvgIpc) is 3.28. The van der Waals surface area contributed by atoms with Gasteiger partial charge in [0.2, 0.25) is 0 Å².